The molecule has 11 nitrogen and oxygen atoms in total. The quantitative estimate of drug-likeness (QED) is 0.106. The van der Waals surface area contributed by atoms with Crippen LogP contribution in [0.2, 0.25) is 0 Å². The predicted octanol–water partition coefficient (Wildman–Crippen LogP) is 6.89. The number of nitrogens with two attached hydrogens (primary N) is 1. The maximum absolute atomic E-state index is 13.8. The van der Waals surface area contributed by atoms with Gasteiger partial charge in [-0.25, -0.2) is 24.3 Å². The van der Waals surface area contributed by atoms with E-state index in [1.54, 1.807) is 26.4 Å². The standard InChI is InChI=1S/C24H28FN3O3S.C10H16N4.CH4O/c1-15-7-8-18(31-15)14-32-10-9-26-24-19-12-21(29-2)22(30-3)13-20(19)27-23(28-24)16-5-4-6-17(25)11-16;1-4-7(2)5-12-9-8(3)13-6-14-10(9)11;1-2/h4-6,11-13,15,18H,7-10,14H2,1-3H3,(H,26,27,28);5-7H,4H2,1-3H3,(H2,11,13,14);2H,1H3/t;7-;/m.1./s1. The van der Waals surface area contributed by atoms with Crippen molar-refractivity contribution in [1.82, 2.24) is 19.9 Å². The molecule has 0 saturated carbocycles. The molecule has 0 bridgehead atoms. The van der Waals surface area contributed by atoms with Gasteiger partial charge in [0.15, 0.2) is 23.1 Å². The Labute approximate surface area is 287 Å². The molecule has 0 amide bonds. The Morgan fingerprint density at radius 1 is 1.15 bits per heavy atom. The van der Waals surface area contributed by atoms with E-state index in [1.165, 1.54) is 18.5 Å². The minimum Gasteiger partial charge on any atom is -0.493 e. The number of aliphatic imine (C=N–C) groups is 1. The summed E-state index contributed by atoms with van der Waals surface area (Å²) in [6, 6.07) is 9.98. The van der Waals surface area contributed by atoms with Gasteiger partial charge in [-0.1, -0.05) is 26.0 Å². The summed E-state index contributed by atoms with van der Waals surface area (Å²) in [5, 5.41) is 11.3. The highest BCUT2D eigenvalue weighted by molar-refractivity contribution is 7.99. The Morgan fingerprint density at radius 2 is 1.90 bits per heavy atom. The fourth-order valence-electron chi connectivity index (χ4n) is 4.76. The number of nitrogens with zero attached hydrogens (tertiary/aromatic N) is 5. The molecule has 1 aliphatic heterocycles. The highest BCUT2D eigenvalue weighted by Crippen LogP contribution is 2.35. The number of methoxy groups -OCH3 is 2. The molecule has 0 radical (unpaired) electrons. The van der Waals surface area contributed by atoms with Crippen molar-refractivity contribution in [1.29, 1.82) is 0 Å². The molecule has 48 heavy (non-hydrogen) atoms. The number of halogens is 1. The van der Waals surface area contributed by atoms with Crippen molar-refractivity contribution in [3.05, 3.63) is 54.2 Å². The number of fused-ring (bicyclic) bond motifs is 1. The van der Waals surface area contributed by atoms with Gasteiger partial charge in [0.1, 0.15) is 23.6 Å². The average molecular weight is 682 g/mol. The minimum atomic E-state index is -0.326. The Balaban J connectivity index is 0.000000328. The second kappa shape index (κ2) is 19.7. The zero-order chi connectivity index (χ0) is 35.1. The van der Waals surface area contributed by atoms with E-state index < -0.39 is 0 Å². The molecule has 3 heterocycles. The van der Waals surface area contributed by atoms with Crippen LogP contribution in [0.15, 0.2) is 47.7 Å². The Hall–Kier alpha value is -4.07. The third-order valence-electron chi connectivity index (χ3n) is 7.58. The lowest BCUT2D eigenvalue weighted by molar-refractivity contribution is 0.0700. The number of benzene rings is 2. The smallest absolute Gasteiger partial charge is 0.162 e. The molecule has 260 valence electrons. The summed E-state index contributed by atoms with van der Waals surface area (Å²) in [5.41, 5.74) is 8.50. The highest BCUT2D eigenvalue weighted by Gasteiger charge is 2.21. The molecule has 4 N–H and O–H groups in total. The number of aromatic nitrogens is 4. The second-order valence-electron chi connectivity index (χ2n) is 11.1. The van der Waals surface area contributed by atoms with Crippen LogP contribution >= 0.6 is 11.8 Å². The van der Waals surface area contributed by atoms with Crippen LogP contribution in [0.4, 0.5) is 21.7 Å². The summed E-state index contributed by atoms with van der Waals surface area (Å²) < 4.78 is 30.6. The molecule has 2 aromatic carbocycles. The molecule has 0 spiro atoms. The topological polar surface area (TPSA) is 150 Å². The number of aliphatic hydroxyl groups is 1. The number of ether oxygens (including phenoxy) is 3. The number of aliphatic hydroxyl groups excluding tert-OH is 1. The number of aryl methyl sites for hydroxylation is 1. The lowest BCUT2D eigenvalue weighted by Crippen LogP contribution is -2.13. The second-order valence-corrected chi connectivity index (χ2v) is 12.3. The maximum atomic E-state index is 13.8. The minimum absolute atomic E-state index is 0.326. The van der Waals surface area contributed by atoms with E-state index in [-0.39, 0.29) is 5.82 Å². The first-order chi connectivity index (χ1) is 23.2. The summed E-state index contributed by atoms with van der Waals surface area (Å²) in [4.78, 5) is 21.6. The normalized spacial score (nSPS) is 16.1. The van der Waals surface area contributed by atoms with E-state index in [0.717, 1.165) is 55.5 Å². The van der Waals surface area contributed by atoms with Gasteiger partial charge in [-0.2, -0.15) is 11.8 Å². The van der Waals surface area contributed by atoms with Crippen LogP contribution in [-0.4, -0.2) is 82.8 Å². The SMILES string of the molecule is CC[C@@H](C)C=Nc1c(C)ncnc1N.CO.COc1cc2nc(-c3cccc(F)c3)nc(NCCSCC3CCC(C)O3)c2cc1OC. The van der Waals surface area contributed by atoms with Crippen molar-refractivity contribution >= 4 is 46.2 Å². The van der Waals surface area contributed by atoms with Gasteiger partial charge < -0.3 is 30.4 Å². The molecular weight excluding hydrogens is 633 g/mol. The van der Waals surface area contributed by atoms with Gasteiger partial charge in [0.25, 0.3) is 0 Å². The summed E-state index contributed by atoms with van der Waals surface area (Å²) in [6.07, 6.45) is 7.41. The summed E-state index contributed by atoms with van der Waals surface area (Å²) in [5.74, 6) is 4.80. The van der Waals surface area contributed by atoms with Crippen molar-refractivity contribution in [3.63, 3.8) is 0 Å². The third-order valence-corrected chi connectivity index (χ3v) is 8.68. The van der Waals surface area contributed by atoms with Crippen molar-refractivity contribution in [2.75, 3.05) is 50.4 Å². The first-order valence-electron chi connectivity index (χ1n) is 15.9. The summed E-state index contributed by atoms with van der Waals surface area (Å²) in [7, 11) is 4.19. The van der Waals surface area contributed by atoms with Gasteiger partial charge in [-0.05, 0) is 57.2 Å². The van der Waals surface area contributed by atoms with Crippen LogP contribution in [-0.2, 0) is 4.74 Å². The first kappa shape index (κ1) is 38.4. The molecule has 1 aliphatic rings. The van der Waals surface area contributed by atoms with Gasteiger partial charge in [0, 0.05) is 48.4 Å². The van der Waals surface area contributed by atoms with E-state index >= 15 is 0 Å². The van der Waals surface area contributed by atoms with Crippen molar-refractivity contribution in [2.45, 2.75) is 59.2 Å². The van der Waals surface area contributed by atoms with Crippen LogP contribution < -0.4 is 20.5 Å². The fraction of sp³-hybridized carbons (Fsp3) is 0.457. The monoisotopic (exact) mass is 681 g/mol. The molecule has 0 aliphatic carbocycles. The molecule has 4 aromatic rings. The Kier molecular flexibility index (Phi) is 15.7. The Morgan fingerprint density at radius 3 is 2.54 bits per heavy atom. The van der Waals surface area contributed by atoms with Crippen LogP contribution in [0.5, 0.6) is 11.5 Å². The Bertz CT molecular complexity index is 1610. The van der Waals surface area contributed by atoms with Crippen LogP contribution in [0.3, 0.4) is 0 Å². The van der Waals surface area contributed by atoms with Crippen molar-refractivity contribution in [3.8, 4) is 22.9 Å². The molecule has 1 saturated heterocycles. The van der Waals surface area contributed by atoms with Gasteiger partial charge >= 0.3 is 0 Å². The lowest BCUT2D eigenvalue weighted by Gasteiger charge is -2.14. The molecule has 5 rings (SSSR count). The van der Waals surface area contributed by atoms with Gasteiger partial charge in [0.2, 0.25) is 0 Å². The zero-order valence-corrected chi connectivity index (χ0v) is 29.7. The number of nitrogen functional groups attached to an aromatic ring is 1. The molecule has 2 unspecified atom stereocenters. The number of anilines is 2. The lowest BCUT2D eigenvalue weighted by atomic mass is 10.1. The number of hydrogen-bond donors (Lipinski definition) is 3. The maximum Gasteiger partial charge on any atom is 0.162 e. The number of thioether (sulfide) groups is 1. The summed E-state index contributed by atoms with van der Waals surface area (Å²) in [6.45, 7) is 8.97. The average Bonchev–Trinajstić information content (AvgIpc) is 3.52. The first-order valence-corrected chi connectivity index (χ1v) is 17.1. The predicted molar refractivity (Wildman–Crippen MR) is 194 cm³/mol. The molecule has 2 aromatic heterocycles. The van der Waals surface area contributed by atoms with Gasteiger partial charge in [-0.3, -0.25) is 4.99 Å². The highest BCUT2D eigenvalue weighted by atomic mass is 32.2. The van der Waals surface area contributed by atoms with E-state index in [4.69, 9.17) is 30.0 Å². The molecule has 1 fully saturated rings. The largest absolute Gasteiger partial charge is 0.493 e. The number of hydrogen-bond acceptors (Lipinski definition) is 12. The molecule has 3 atom stereocenters. The van der Waals surface area contributed by atoms with Crippen LogP contribution in [0.1, 0.15) is 45.7 Å². The zero-order valence-electron chi connectivity index (χ0n) is 28.9. The van der Waals surface area contributed by atoms with Crippen LogP contribution in [0.25, 0.3) is 22.3 Å². The van der Waals surface area contributed by atoms with E-state index in [2.05, 4.69) is 46.0 Å². The number of rotatable bonds is 12. The van der Waals surface area contributed by atoms with Gasteiger partial charge in [-0.15, -0.1) is 0 Å². The van der Waals surface area contributed by atoms with Crippen LogP contribution in [0, 0.1) is 18.7 Å². The van der Waals surface area contributed by atoms with Gasteiger partial charge in [0.05, 0.1) is 37.6 Å². The summed E-state index contributed by atoms with van der Waals surface area (Å²) >= 11 is 1.87. The number of nitrogens with one attached hydrogen (secondary N) is 1. The third kappa shape index (κ3) is 11.0. The van der Waals surface area contributed by atoms with E-state index in [9.17, 15) is 4.39 Å². The van der Waals surface area contributed by atoms with E-state index in [1.807, 2.05) is 37.0 Å². The van der Waals surface area contributed by atoms with Crippen molar-refractivity contribution < 1.29 is 23.7 Å². The molecular formula is C35H48FN7O4S. The molecule has 13 heteroatoms. The fourth-order valence-corrected chi connectivity index (χ4v) is 5.68. The van der Waals surface area contributed by atoms with E-state index in [0.29, 0.717) is 63.9 Å². The van der Waals surface area contributed by atoms with Crippen molar-refractivity contribution in [2.24, 2.45) is 10.9 Å².